The van der Waals surface area contributed by atoms with Crippen molar-refractivity contribution in [1.82, 2.24) is 0 Å². The van der Waals surface area contributed by atoms with Gasteiger partial charge in [-0.15, -0.1) is 0 Å². The number of hydrogen-bond acceptors (Lipinski definition) is 12. The van der Waals surface area contributed by atoms with Crippen LogP contribution in [-0.4, -0.2) is 62.9 Å². The van der Waals surface area contributed by atoms with E-state index in [-0.39, 0.29) is 69.7 Å². The molecule has 0 atom stereocenters. The van der Waals surface area contributed by atoms with E-state index in [1.54, 1.807) is 182 Å². The summed E-state index contributed by atoms with van der Waals surface area (Å²) in [7, 11) is 0. The van der Waals surface area contributed by atoms with Crippen molar-refractivity contribution in [3.63, 3.8) is 0 Å². The number of halogens is 3. The summed E-state index contributed by atoms with van der Waals surface area (Å²) in [6.07, 6.45) is 0. The minimum absolute atomic E-state index is 0.00725. The van der Waals surface area contributed by atoms with E-state index in [1.165, 1.54) is 43.3 Å². The molecule has 0 heterocycles. The lowest BCUT2D eigenvalue weighted by molar-refractivity contribution is -0.115. The quantitative estimate of drug-likeness (QED) is 0.0312. The van der Waals surface area contributed by atoms with Crippen LogP contribution in [0.4, 0.5) is 45.5 Å². The number of Topliss-reactive ketones (excluding diaryl/α,β-unsaturated/α-hetero) is 1. The van der Waals surface area contributed by atoms with Crippen LogP contribution in [0.25, 0.3) is 0 Å². The molecule has 7 amide bonds. The van der Waals surface area contributed by atoms with E-state index in [0.29, 0.717) is 62.1 Å². The second-order valence-corrected chi connectivity index (χ2v) is 21.1. The van der Waals surface area contributed by atoms with E-state index in [4.69, 9.17) is 41.9 Å². The third-order valence-corrected chi connectivity index (χ3v) is 13.5. The molecule has 0 aliphatic carbocycles. The zero-order valence-electron chi connectivity index (χ0n) is 51.2. The Morgan fingerprint density at radius 2 is 0.421 bits per heavy atom. The number of nitrogens with two attached hydrogens (primary N) is 1. The molecule has 10 aromatic carbocycles. The fourth-order valence-electron chi connectivity index (χ4n) is 8.25. The minimum atomic E-state index is -0.797. The van der Waals surface area contributed by atoms with Crippen LogP contribution >= 0.6 is 34.8 Å². The Labute approximate surface area is 561 Å². The van der Waals surface area contributed by atoms with Gasteiger partial charge in [0.05, 0.1) is 0 Å². The summed E-state index contributed by atoms with van der Waals surface area (Å²) in [5.74, 6) is -2.86. The molecule has 10 rings (SSSR count). The molecule has 0 bridgehead atoms. The Bertz CT molecular complexity index is 4060. The first-order valence-corrected chi connectivity index (χ1v) is 29.5. The normalized spacial score (nSPS) is 10.2. The van der Waals surface area contributed by atoms with Gasteiger partial charge in [-0.1, -0.05) is 72.8 Å². The molecule has 95 heavy (non-hydrogen) atoms. The number of carbonyl (C=O) groups is 11. The molecular formula is C73H57Cl3N8O11. The van der Waals surface area contributed by atoms with Crippen molar-refractivity contribution in [2.45, 2.75) is 13.8 Å². The zero-order valence-corrected chi connectivity index (χ0v) is 52.4. The van der Waals surface area contributed by atoms with Crippen LogP contribution in [0.2, 0.25) is 0 Å². The van der Waals surface area contributed by atoms with Crippen molar-refractivity contribution in [3.8, 4) is 0 Å². The average molecular weight is 1330 g/mol. The molecule has 0 aliphatic rings. The van der Waals surface area contributed by atoms with Gasteiger partial charge < -0.3 is 47.7 Å². The number of hydrogen-bond donors (Lipinski definition) is 8. The first-order chi connectivity index (χ1) is 46.1. The first-order valence-electron chi connectivity index (χ1n) is 29.1. The van der Waals surface area contributed by atoms with Crippen LogP contribution < -0.4 is 43.0 Å². The van der Waals surface area contributed by atoms with Crippen molar-refractivity contribution in [1.29, 1.82) is 0 Å². The van der Waals surface area contributed by atoms with E-state index in [2.05, 4.69) is 37.2 Å². The van der Waals surface area contributed by atoms with Crippen LogP contribution in [0.5, 0.6) is 0 Å². The number of nitrogen functional groups attached to an aromatic ring is 1. The molecule has 0 aromatic heterocycles. The predicted molar refractivity (Wildman–Crippen MR) is 371 cm³/mol. The number of benzene rings is 10. The van der Waals surface area contributed by atoms with Gasteiger partial charge in [0.15, 0.2) is 0 Å². The molecule has 0 spiro atoms. The summed E-state index contributed by atoms with van der Waals surface area (Å²) in [4.78, 5) is 133. The van der Waals surface area contributed by atoms with E-state index >= 15 is 0 Å². The molecule has 0 radical (unpaired) electrons. The second kappa shape index (κ2) is 34.9. The van der Waals surface area contributed by atoms with Crippen molar-refractivity contribution in [2.75, 3.05) is 43.0 Å². The molecule has 0 saturated carbocycles. The highest BCUT2D eigenvalue weighted by Gasteiger charge is 2.19. The van der Waals surface area contributed by atoms with Crippen LogP contribution in [0.3, 0.4) is 0 Å². The maximum absolute atomic E-state index is 13.7. The van der Waals surface area contributed by atoms with Crippen molar-refractivity contribution >= 4 is 143 Å². The van der Waals surface area contributed by atoms with E-state index in [0.717, 1.165) is 5.69 Å². The third-order valence-electron chi connectivity index (χ3n) is 12.8. The predicted octanol–water partition coefficient (Wildman–Crippen LogP) is 15.1. The van der Waals surface area contributed by atoms with E-state index < -0.39 is 33.4 Å². The average Bonchev–Trinajstić information content (AvgIpc) is 0.836. The molecule has 22 heteroatoms. The lowest BCUT2D eigenvalue weighted by Gasteiger charge is -2.13. The molecule has 0 aliphatic heterocycles. The van der Waals surface area contributed by atoms with Crippen LogP contribution in [-0.2, 0) is 4.79 Å². The molecule has 19 nitrogen and oxygen atoms in total. The lowest BCUT2D eigenvalue weighted by Crippen LogP contribution is -2.19. The Morgan fingerprint density at radius 1 is 0.263 bits per heavy atom. The topological polar surface area (TPSA) is 298 Å². The van der Waals surface area contributed by atoms with E-state index in [1.807, 2.05) is 36.4 Å². The summed E-state index contributed by atoms with van der Waals surface area (Å²) < 4.78 is 6.31. The smallest absolute Gasteiger partial charge is 0.255 e. The monoisotopic (exact) mass is 1330 g/mol. The van der Waals surface area contributed by atoms with Gasteiger partial charge in [0.25, 0.3) is 57.1 Å². The Kier molecular flexibility index (Phi) is 25.2. The van der Waals surface area contributed by atoms with Gasteiger partial charge in [-0.2, -0.15) is 0 Å². The van der Waals surface area contributed by atoms with Gasteiger partial charge in [0.2, 0.25) is 0 Å². The van der Waals surface area contributed by atoms with Gasteiger partial charge in [-0.3, -0.25) is 47.9 Å². The van der Waals surface area contributed by atoms with Gasteiger partial charge in [-0.05, 0) is 231 Å². The number of anilines is 8. The fourth-order valence-corrected chi connectivity index (χ4v) is 8.57. The molecule has 10 aromatic rings. The molecule has 476 valence electrons. The highest BCUT2D eigenvalue weighted by molar-refractivity contribution is 6.70. The molecule has 9 N–H and O–H groups in total. The number of ketones is 1. The first kappa shape index (κ1) is 68.7. The molecule has 0 unspecified atom stereocenters. The lowest BCUT2D eigenvalue weighted by atomic mass is 10.0. The summed E-state index contributed by atoms with van der Waals surface area (Å²) in [6.45, 7) is 1.31. The van der Waals surface area contributed by atoms with Crippen LogP contribution in [0.15, 0.2) is 255 Å². The summed E-state index contributed by atoms with van der Waals surface area (Å²) >= 11 is 15.6. The third kappa shape index (κ3) is 22.6. The van der Waals surface area contributed by atoms with Crippen molar-refractivity contribution in [2.24, 2.45) is 0 Å². The minimum Gasteiger partial charge on any atom is -0.399 e. The van der Waals surface area contributed by atoms with Gasteiger partial charge in [-0.25, -0.2) is 0 Å². The number of amides is 7. The van der Waals surface area contributed by atoms with Gasteiger partial charge in [0.1, 0.15) is 5.78 Å². The Balaban J connectivity index is 0.000000290. The molecular weight excluding hydrogens is 1270 g/mol. The maximum atomic E-state index is 13.7. The zero-order chi connectivity index (χ0) is 69.1. The Hall–Kier alpha value is -12.2. The SMILES string of the molecule is Nc1ccc(NC(=O)c2ccccc2)cc1.O=C(Cl)c1cc(C(=O)Cl)cc(C(=O)Cl)c1.O=C(Nc1ccc(NC(=O)c2cc(C(=O)Nc3ccc(NC(=O)c4ccccc4)cc3)cc(C(=O)Nc3ccc(NC(=O)c4ccccc4)cc3)c2)cc1)c1ccccc1.[2H]CC(C)=O. The second-order valence-electron chi connectivity index (χ2n) is 20.1. The largest absolute Gasteiger partial charge is 0.399 e. The Morgan fingerprint density at radius 3 is 0.589 bits per heavy atom. The van der Waals surface area contributed by atoms with Crippen molar-refractivity contribution < 1.29 is 54.1 Å². The van der Waals surface area contributed by atoms with Crippen LogP contribution in [0.1, 0.15) is 119 Å². The fraction of sp³-hybridized carbons (Fsp3) is 0.0274. The summed E-state index contributed by atoms with van der Waals surface area (Å²) in [5.41, 5.74) is 11.9. The van der Waals surface area contributed by atoms with Crippen molar-refractivity contribution in [3.05, 3.63) is 310 Å². The highest BCUT2D eigenvalue weighted by atomic mass is 35.5. The van der Waals surface area contributed by atoms with Gasteiger partial charge in [0, 0.05) is 103 Å². The standard InChI is InChI=1S/C48H36N6O6.C13H12N2O.C9H3Cl3O3.C3H6O/c55-43(31-10-4-1-5-11-31)49-37-16-22-40(23-17-37)52-46(58)34-28-35(47(59)53-41-24-18-38(19-25-41)50-44(56)32-12-6-2-7-13-32)30-36(29-34)48(60)54-42-26-20-39(21-27-42)51-45(57)33-14-8-3-9-15-33;14-11-6-8-12(9-7-11)15-13(16)10-4-2-1-3-5-10;10-7(13)4-1-5(8(11)14)3-6(2-4)9(12)15;1-3(2)4/h1-30H,(H,49,55)(H,50,56)(H,51,57)(H,52,58)(H,53,59)(H,54,60);1-9H,14H2,(H,15,16);1-3H;1-2H3/i;;;1D. The number of rotatable bonds is 17. The summed E-state index contributed by atoms with van der Waals surface area (Å²) in [5, 5.41) is 17.2. The maximum Gasteiger partial charge on any atom is 0.255 e. The number of nitrogens with one attached hydrogen (secondary N) is 7. The highest BCUT2D eigenvalue weighted by Crippen LogP contribution is 2.23. The number of carbonyl (C=O) groups excluding carboxylic acids is 11. The molecule has 0 saturated heterocycles. The molecule has 0 fully saturated rings. The summed E-state index contributed by atoms with van der Waals surface area (Å²) in [6, 6.07) is 69.5. The van der Waals surface area contributed by atoms with Crippen LogP contribution in [0, 0.1) is 0 Å². The van der Waals surface area contributed by atoms with E-state index in [9.17, 15) is 52.7 Å². The van der Waals surface area contributed by atoms with Gasteiger partial charge >= 0.3 is 0 Å².